The van der Waals surface area contributed by atoms with Gasteiger partial charge in [-0.3, -0.25) is 4.79 Å². The lowest BCUT2D eigenvalue weighted by Gasteiger charge is -2.15. The highest BCUT2D eigenvalue weighted by Gasteiger charge is 2.14. The maximum Gasteiger partial charge on any atom is 0.251 e. The minimum Gasteiger partial charge on any atom is -0.398 e. The van der Waals surface area contributed by atoms with E-state index in [1.807, 2.05) is 31.2 Å². The number of nitrogens with two attached hydrogens (primary N) is 1. The molecule has 21 heavy (non-hydrogen) atoms. The van der Waals surface area contributed by atoms with Gasteiger partial charge in [-0.2, -0.15) is 0 Å². The van der Waals surface area contributed by atoms with Gasteiger partial charge >= 0.3 is 0 Å². The van der Waals surface area contributed by atoms with Crippen molar-refractivity contribution in [3.05, 3.63) is 63.4 Å². The molecule has 1 atom stereocenters. The number of halogens is 2. The lowest BCUT2D eigenvalue weighted by Crippen LogP contribution is -2.26. The molecule has 0 aliphatic rings. The molecule has 3 N–H and O–H groups in total. The fourth-order valence-electron chi connectivity index (χ4n) is 1.95. The molecule has 0 aliphatic carbocycles. The standard InChI is InChI=1S/C16H16BrFN2O/c1-9-14(18)7-12(8-15(9)19)16(21)20-10(2)11-3-5-13(17)6-4-11/h3-8,10H,19H2,1-2H3,(H,20,21)/t10-/m0/s1. The number of carbonyl (C=O) groups excluding carboxylic acids is 1. The summed E-state index contributed by atoms with van der Waals surface area (Å²) in [6, 6.07) is 10.1. The number of hydrogen-bond acceptors (Lipinski definition) is 2. The summed E-state index contributed by atoms with van der Waals surface area (Å²) < 4.78 is 14.6. The minimum absolute atomic E-state index is 0.184. The van der Waals surface area contributed by atoms with Gasteiger partial charge in [-0.05, 0) is 43.7 Å². The van der Waals surface area contributed by atoms with Gasteiger partial charge in [-0.15, -0.1) is 0 Å². The molecule has 2 aromatic rings. The summed E-state index contributed by atoms with van der Waals surface area (Å²) in [4.78, 5) is 12.2. The van der Waals surface area contributed by atoms with Crippen molar-refractivity contribution in [3.63, 3.8) is 0 Å². The number of nitrogen functional groups attached to an aromatic ring is 1. The summed E-state index contributed by atoms with van der Waals surface area (Å²) in [5, 5.41) is 2.83. The van der Waals surface area contributed by atoms with Crippen molar-refractivity contribution in [1.29, 1.82) is 0 Å². The quantitative estimate of drug-likeness (QED) is 0.823. The molecule has 0 fully saturated rings. The second kappa shape index (κ2) is 6.26. The first kappa shape index (κ1) is 15.5. The van der Waals surface area contributed by atoms with E-state index in [0.29, 0.717) is 5.56 Å². The second-order valence-electron chi connectivity index (χ2n) is 4.92. The first-order valence-corrected chi connectivity index (χ1v) is 7.29. The van der Waals surface area contributed by atoms with Crippen LogP contribution in [0.15, 0.2) is 40.9 Å². The lowest BCUT2D eigenvalue weighted by molar-refractivity contribution is 0.0939. The largest absolute Gasteiger partial charge is 0.398 e. The van der Waals surface area contributed by atoms with Gasteiger partial charge in [0.1, 0.15) is 5.82 Å². The molecule has 0 radical (unpaired) electrons. The number of amides is 1. The van der Waals surface area contributed by atoms with Gasteiger partial charge in [-0.25, -0.2) is 4.39 Å². The molecule has 0 heterocycles. The van der Waals surface area contributed by atoms with Gasteiger partial charge < -0.3 is 11.1 Å². The van der Waals surface area contributed by atoms with Gasteiger partial charge in [0.15, 0.2) is 0 Å². The number of rotatable bonds is 3. The average molecular weight is 351 g/mol. The molecule has 3 nitrogen and oxygen atoms in total. The summed E-state index contributed by atoms with van der Waals surface area (Å²) in [5.41, 5.74) is 7.51. The molecule has 0 bridgehead atoms. The first-order valence-electron chi connectivity index (χ1n) is 6.50. The van der Waals surface area contributed by atoms with Crippen LogP contribution >= 0.6 is 15.9 Å². The van der Waals surface area contributed by atoms with Crippen LogP contribution in [0.4, 0.5) is 10.1 Å². The van der Waals surface area contributed by atoms with Crippen LogP contribution in [0.3, 0.4) is 0 Å². The Morgan fingerprint density at radius 1 is 1.29 bits per heavy atom. The fraction of sp³-hybridized carbons (Fsp3) is 0.188. The van der Waals surface area contributed by atoms with E-state index >= 15 is 0 Å². The Balaban J connectivity index is 2.16. The first-order chi connectivity index (χ1) is 9.88. The van der Waals surface area contributed by atoms with Crippen molar-refractivity contribution in [2.24, 2.45) is 0 Å². The van der Waals surface area contributed by atoms with Gasteiger partial charge in [-0.1, -0.05) is 28.1 Å². The van der Waals surface area contributed by atoms with E-state index in [0.717, 1.165) is 10.0 Å². The Bertz CT molecular complexity index is 647. The Morgan fingerprint density at radius 2 is 1.90 bits per heavy atom. The highest BCUT2D eigenvalue weighted by molar-refractivity contribution is 9.10. The van der Waals surface area contributed by atoms with Gasteiger partial charge in [0.05, 0.1) is 6.04 Å². The van der Waals surface area contributed by atoms with Crippen LogP contribution in [0.5, 0.6) is 0 Å². The third-order valence-electron chi connectivity index (χ3n) is 3.36. The van der Waals surface area contributed by atoms with Crippen molar-refractivity contribution in [2.75, 3.05) is 5.73 Å². The summed E-state index contributed by atoms with van der Waals surface area (Å²) in [5.74, 6) is -0.826. The normalized spacial score (nSPS) is 12.0. The van der Waals surface area contributed by atoms with Crippen molar-refractivity contribution in [3.8, 4) is 0 Å². The SMILES string of the molecule is Cc1c(N)cc(C(=O)N[C@@H](C)c2ccc(Br)cc2)cc1F. The molecule has 0 saturated carbocycles. The summed E-state index contributed by atoms with van der Waals surface area (Å²) in [7, 11) is 0. The highest BCUT2D eigenvalue weighted by atomic mass is 79.9. The summed E-state index contributed by atoms with van der Waals surface area (Å²) >= 11 is 3.36. The van der Waals surface area contributed by atoms with Gasteiger partial charge in [0.25, 0.3) is 5.91 Å². The van der Waals surface area contributed by atoms with E-state index < -0.39 is 5.82 Å². The van der Waals surface area contributed by atoms with E-state index in [1.54, 1.807) is 6.92 Å². The monoisotopic (exact) mass is 350 g/mol. The number of carbonyl (C=O) groups is 1. The number of benzene rings is 2. The Labute approximate surface area is 131 Å². The highest BCUT2D eigenvalue weighted by Crippen LogP contribution is 2.20. The Morgan fingerprint density at radius 3 is 2.48 bits per heavy atom. The van der Waals surface area contributed by atoms with Crippen LogP contribution in [0.25, 0.3) is 0 Å². The number of nitrogens with one attached hydrogen (secondary N) is 1. The number of hydrogen-bond donors (Lipinski definition) is 2. The van der Waals surface area contributed by atoms with Gasteiger partial charge in [0, 0.05) is 21.3 Å². The van der Waals surface area contributed by atoms with Crippen LogP contribution in [0, 0.1) is 12.7 Å². The minimum atomic E-state index is -0.476. The van der Waals surface area contributed by atoms with Crippen molar-refractivity contribution >= 4 is 27.5 Å². The fourth-order valence-corrected chi connectivity index (χ4v) is 2.21. The molecule has 2 rings (SSSR count). The second-order valence-corrected chi connectivity index (χ2v) is 5.83. The molecule has 110 valence electrons. The zero-order valence-corrected chi connectivity index (χ0v) is 13.4. The molecular formula is C16H16BrFN2O. The molecule has 0 saturated heterocycles. The van der Waals surface area contributed by atoms with Crippen LogP contribution in [-0.2, 0) is 0 Å². The maximum absolute atomic E-state index is 13.6. The van der Waals surface area contributed by atoms with E-state index in [4.69, 9.17) is 5.73 Å². The van der Waals surface area contributed by atoms with Crippen molar-refractivity contribution < 1.29 is 9.18 Å². The molecular weight excluding hydrogens is 335 g/mol. The topological polar surface area (TPSA) is 55.1 Å². The van der Waals surface area contributed by atoms with E-state index in [-0.39, 0.29) is 23.2 Å². The molecule has 1 amide bonds. The summed E-state index contributed by atoms with van der Waals surface area (Å²) in [6.45, 7) is 3.45. The Hall–Kier alpha value is -1.88. The van der Waals surface area contributed by atoms with Crippen molar-refractivity contribution in [1.82, 2.24) is 5.32 Å². The third kappa shape index (κ3) is 3.61. The molecule has 0 aromatic heterocycles. The van der Waals surface area contributed by atoms with E-state index in [1.165, 1.54) is 12.1 Å². The zero-order chi connectivity index (χ0) is 15.6. The van der Waals surface area contributed by atoms with Gasteiger partial charge in [0.2, 0.25) is 0 Å². The summed E-state index contributed by atoms with van der Waals surface area (Å²) in [6.07, 6.45) is 0. The molecule has 0 unspecified atom stereocenters. The van der Waals surface area contributed by atoms with Crippen LogP contribution in [-0.4, -0.2) is 5.91 Å². The van der Waals surface area contributed by atoms with E-state index in [9.17, 15) is 9.18 Å². The average Bonchev–Trinajstić information content (AvgIpc) is 2.44. The van der Waals surface area contributed by atoms with Crippen LogP contribution < -0.4 is 11.1 Å². The molecule has 5 heteroatoms. The maximum atomic E-state index is 13.6. The molecule has 0 aliphatic heterocycles. The predicted molar refractivity (Wildman–Crippen MR) is 85.6 cm³/mol. The predicted octanol–water partition coefficient (Wildman–Crippen LogP) is 3.97. The third-order valence-corrected chi connectivity index (χ3v) is 3.89. The van der Waals surface area contributed by atoms with Crippen LogP contribution in [0.2, 0.25) is 0 Å². The molecule has 0 spiro atoms. The Kier molecular flexibility index (Phi) is 4.63. The van der Waals surface area contributed by atoms with Crippen molar-refractivity contribution in [2.45, 2.75) is 19.9 Å². The lowest BCUT2D eigenvalue weighted by atomic mass is 10.1. The number of anilines is 1. The zero-order valence-electron chi connectivity index (χ0n) is 11.8. The van der Waals surface area contributed by atoms with E-state index in [2.05, 4.69) is 21.2 Å². The van der Waals surface area contributed by atoms with Crippen LogP contribution in [0.1, 0.15) is 34.5 Å². The smallest absolute Gasteiger partial charge is 0.251 e. The molecule has 2 aromatic carbocycles.